The third-order valence-electron chi connectivity index (χ3n) is 1.82. The first kappa shape index (κ1) is 12.5. The minimum atomic E-state index is -0.317. The summed E-state index contributed by atoms with van der Waals surface area (Å²) in [5.41, 5.74) is 0.192. The minimum absolute atomic E-state index is 0.293. The lowest BCUT2D eigenvalue weighted by atomic mass is 10.3. The van der Waals surface area contributed by atoms with Crippen LogP contribution in [0.2, 0.25) is 0 Å². The summed E-state index contributed by atoms with van der Waals surface area (Å²) >= 11 is 7.99. The molecule has 0 bridgehead atoms. The number of thiophene rings is 1. The molecule has 0 fully saturated rings. The van der Waals surface area contributed by atoms with Crippen molar-refractivity contribution in [2.45, 2.75) is 0 Å². The van der Waals surface area contributed by atoms with E-state index >= 15 is 0 Å². The number of hydrogen-bond donors (Lipinski definition) is 2. The Morgan fingerprint density at radius 3 is 2.71 bits per heavy atom. The van der Waals surface area contributed by atoms with Crippen LogP contribution < -0.4 is 10.9 Å². The van der Waals surface area contributed by atoms with E-state index in [1.807, 2.05) is 0 Å². The van der Waals surface area contributed by atoms with Crippen molar-refractivity contribution < 1.29 is 4.79 Å². The fourth-order valence-electron chi connectivity index (χ4n) is 1.09. The number of halogens is 2. The molecule has 8 heteroatoms. The van der Waals surface area contributed by atoms with E-state index in [9.17, 15) is 9.59 Å². The number of H-pyrrole nitrogens is 1. The van der Waals surface area contributed by atoms with E-state index in [0.29, 0.717) is 11.4 Å². The highest BCUT2D eigenvalue weighted by Crippen LogP contribution is 2.32. The van der Waals surface area contributed by atoms with E-state index < -0.39 is 0 Å². The van der Waals surface area contributed by atoms with Crippen LogP contribution in [0, 0.1) is 0 Å². The summed E-state index contributed by atoms with van der Waals surface area (Å²) in [5, 5.41) is 8.50. The SMILES string of the molecule is O=C(Nc1ccc(=O)[nH]n1)c1cc(Br)sc1Br. The van der Waals surface area contributed by atoms with Gasteiger partial charge in [0.2, 0.25) is 0 Å². The summed E-state index contributed by atoms with van der Waals surface area (Å²) in [6, 6.07) is 4.43. The quantitative estimate of drug-likeness (QED) is 0.843. The van der Waals surface area contributed by atoms with E-state index in [2.05, 4.69) is 47.4 Å². The standard InChI is InChI=1S/C9H5Br2N3O2S/c10-5-3-4(8(11)17-5)9(16)12-6-1-2-7(15)14-13-6/h1-3H,(H,14,15)(H,12,13,16). The van der Waals surface area contributed by atoms with Gasteiger partial charge in [0, 0.05) is 6.07 Å². The molecule has 2 heterocycles. The number of nitrogens with one attached hydrogen (secondary N) is 2. The molecule has 88 valence electrons. The second-order valence-electron chi connectivity index (χ2n) is 3.00. The molecule has 0 saturated carbocycles. The summed E-state index contributed by atoms with van der Waals surface area (Å²) in [6.07, 6.45) is 0. The second kappa shape index (κ2) is 5.11. The first-order valence-electron chi connectivity index (χ1n) is 4.38. The van der Waals surface area contributed by atoms with E-state index in [0.717, 1.165) is 7.57 Å². The van der Waals surface area contributed by atoms with Crippen molar-refractivity contribution >= 4 is 54.9 Å². The number of hydrogen-bond acceptors (Lipinski definition) is 4. The minimum Gasteiger partial charge on any atom is -0.305 e. The van der Waals surface area contributed by atoms with Crippen LogP contribution in [-0.4, -0.2) is 16.1 Å². The Balaban J connectivity index is 2.19. The normalized spacial score (nSPS) is 10.2. The molecular formula is C9H5Br2N3O2S. The molecule has 0 unspecified atom stereocenters. The van der Waals surface area contributed by atoms with E-state index in [4.69, 9.17) is 0 Å². The lowest BCUT2D eigenvalue weighted by Crippen LogP contribution is -2.15. The van der Waals surface area contributed by atoms with E-state index in [1.165, 1.54) is 23.5 Å². The maximum atomic E-state index is 11.8. The van der Waals surface area contributed by atoms with Crippen molar-refractivity contribution in [2.75, 3.05) is 5.32 Å². The number of carbonyl (C=O) groups excluding carboxylic acids is 1. The van der Waals surface area contributed by atoms with Gasteiger partial charge in [0.15, 0.2) is 5.82 Å². The number of amides is 1. The van der Waals surface area contributed by atoms with Gasteiger partial charge in [-0.05, 0) is 44.0 Å². The van der Waals surface area contributed by atoms with Gasteiger partial charge in [-0.3, -0.25) is 9.59 Å². The Labute approximate surface area is 117 Å². The monoisotopic (exact) mass is 377 g/mol. The first-order chi connectivity index (χ1) is 8.06. The number of aromatic amines is 1. The zero-order chi connectivity index (χ0) is 12.4. The van der Waals surface area contributed by atoms with Crippen molar-refractivity contribution in [3.05, 3.63) is 41.7 Å². The number of rotatable bonds is 2. The predicted molar refractivity (Wildman–Crippen MR) is 72.5 cm³/mol. The average molecular weight is 379 g/mol. The van der Waals surface area contributed by atoms with Gasteiger partial charge in [-0.25, -0.2) is 5.10 Å². The number of anilines is 1. The Bertz CT molecular complexity index is 602. The topological polar surface area (TPSA) is 74.8 Å². The van der Waals surface area contributed by atoms with Crippen LogP contribution in [-0.2, 0) is 0 Å². The maximum absolute atomic E-state index is 11.8. The molecule has 2 rings (SSSR count). The molecule has 0 aliphatic heterocycles. The summed E-state index contributed by atoms with van der Waals surface area (Å²) in [4.78, 5) is 22.6. The molecule has 0 aliphatic carbocycles. The Hall–Kier alpha value is -0.990. The molecule has 2 aromatic rings. The maximum Gasteiger partial charge on any atom is 0.264 e. The Kier molecular flexibility index (Phi) is 3.75. The largest absolute Gasteiger partial charge is 0.305 e. The van der Waals surface area contributed by atoms with Gasteiger partial charge >= 0.3 is 0 Å². The van der Waals surface area contributed by atoms with Gasteiger partial charge in [0.1, 0.15) is 0 Å². The summed E-state index contributed by atoms with van der Waals surface area (Å²) in [7, 11) is 0. The van der Waals surface area contributed by atoms with Crippen molar-refractivity contribution in [3.63, 3.8) is 0 Å². The first-order valence-corrected chi connectivity index (χ1v) is 6.78. The van der Waals surface area contributed by atoms with Gasteiger partial charge in [-0.15, -0.1) is 11.3 Å². The lowest BCUT2D eigenvalue weighted by Gasteiger charge is -2.01. The van der Waals surface area contributed by atoms with Gasteiger partial charge < -0.3 is 5.32 Å². The van der Waals surface area contributed by atoms with Crippen LogP contribution in [0.15, 0.2) is 30.6 Å². The van der Waals surface area contributed by atoms with Crippen molar-refractivity contribution in [3.8, 4) is 0 Å². The van der Waals surface area contributed by atoms with Gasteiger partial charge in [-0.2, -0.15) is 5.10 Å². The van der Waals surface area contributed by atoms with E-state index in [1.54, 1.807) is 6.07 Å². The molecule has 0 aliphatic rings. The molecule has 5 nitrogen and oxygen atoms in total. The third kappa shape index (κ3) is 3.02. The zero-order valence-corrected chi connectivity index (χ0v) is 12.1. The highest BCUT2D eigenvalue weighted by atomic mass is 79.9. The fourth-order valence-corrected chi connectivity index (χ4v) is 3.89. The third-order valence-corrected chi connectivity index (χ3v) is 4.16. The van der Waals surface area contributed by atoms with Crippen molar-refractivity contribution in [2.24, 2.45) is 0 Å². The molecule has 0 radical (unpaired) electrons. The van der Waals surface area contributed by atoms with Crippen LogP contribution in [0.4, 0.5) is 5.82 Å². The van der Waals surface area contributed by atoms with Crippen LogP contribution in [0.25, 0.3) is 0 Å². The lowest BCUT2D eigenvalue weighted by molar-refractivity contribution is 0.102. The van der Waals surface area contributed by atoms with Crippen LogP contribution in [0.3, 0.4) is 0 Å². The molecule has 2 N–H and O–H groups in total. The highest BCUT2D eigenvalue weighted by molar-refractivity contribution is 9.12. The van der Waals surface area contributed by atoms with Crippen molar-refractivity contribution in [1.82, 2.24) is 10.2 Å². The van der Waals surface area contributed by atoms with Gasteiger partial charge in [0.05, 0.1) is 13.1 Å². The molecule has 0 saturated heterocycles. The van der Waals surface area contributed by atoms with Crippen LogP contribution in [0.1, 0.15) is 10.4 Å². The molecule has 0 aromatic carbocycles. The Morgan fingerprint density at radius 2 is 2.18 bits per heavy atom. The summed E-state index contributed by atoms with van der Waals surface area (Å²) in [6.45, 7) is 0. The molecule has 2 aromatic heterocycles. The number of nitrogens with zero attached hydrogens (tertiary/aromatic N) is 1. The average Bonchev–Trinajstić information content (AvgIpc) is 2.61. The smallest absolute Gasteiger partial charge is 0.264 e. The van der Waals surface area contributed by atoms with Crippen LogP contribution >= 0.6 is 43.2 Å². The Morgan fingerprint density at radius 1 is 1.41 bits per heavy atom. The molecule has 0 spiro atoms. The number of carbonyl (C=O) groups is 1. The van der Waals surface area contributed by atoms with E-state index in [-0.39, 0.29) is 11.5 Å². The highest BCUT2D eigenvalue weighted by Gasteiger charge is 2.14. The molecule has 1 amide bonds. The summed E-state index contributed by atoms with van der Waals surface area (Å²) in [5.74, 6) is 0.00203. The van der Waals surface area contributed by atoms with Gasteiger partial charge in [-0.1, -0.05) is 0 Å². The number of aromatic nitrogens is 2. The predicted octanol–water partition coefficient (Wildman–Crippen LogP) is 2.61. The molecule has 17 heavy (non-hydrogen) atoms. The summed E-state index contributed by atoms with van der Waals surface area (Å²) < 4.78 is 1.58. The van der Waals surface area contributed by atoms with Crippen molar-refractivity contribution in [1.29, 1.82) is 0 Å². The molecule has 0 atom stereocenters. The zero-order valence-electron chi connectivity index (χ0n) is 8.16. The van der Waals surface area contributed by atoms with Crippen LogP contribution in [0.5, 0.6) is 0 Å². The second-order valence-corrected chi connectivity index (χ2v) is 6.75. The van der Waals surface area contributed by atoms with Gasteiger partial charge in [0.25, 0.3) is 11.5 Å². The molecular weight excluding hydrogens is 374 g/mol. The fraction of sp³-hybridized carbons (Fsp3) is 0.